The Kier molecular flexibility index (Phi) is 10.2. The molecule has 0 spiro atoms. The highest BCUT2D eigenvalue weighted by molar-refractivity contribution is 7.89. The molecular formula is C25H38N2O10S. The molecule has 214 valence electrons. The van der Waals surface area contributed by atoms with Gasteiger partial charge in [-0.25, -0.2) is 13.2 Å². The van der Waals surface area contributed by atoms with Gasteiger partial charge in [0.1, 0.15) is 18.5 Å². The first-order valence-electron chi connectivity index (χ1n) is 13.2. The number of nitrogens with one attached hydrogen (secondary N) is 1. The predicted molar refractivity (Wildman–Crippen MR) is 134 cm³/mol. The molecule has 1 aromatic carbocycles. The van der Waals surface area contributed by atoms with E-state index < -0.39 is 40.9 Å². The van der Waals surface area contributed by atoms with Crippen molar-refractivity contribution in [2.75, 3.05) is 33.0 Å². The summed E-state index contributed by atoms with van der Waals surface area (Å²) in [5, 5.41) is 22.7. The summed E-state index contributed by atoms with van der Waals surface area (Å²) in [6.07, 6.45) is 1.23. The molecule has 5 atom stereocenters. The molecule has 2 saturated heterocycles. The number of aliphatic hydroxyl groups is 2. The van der Waals surface area contributed by atoms with E-state index in [4.69, 9.17) is 28.9 Å². The molecule has 1 aromatic rings. The van der Waals surface area contributed by atoms with Crippen LogP contribution in [0.4, 0.5) is 4.79 Å². The third-order valence-electron chi connectivity index (χ3n) is 7.09. The molecule has 13 heteroatoms. The molecule has 1 saturated carbocycles. The number of nitrogens with zero attached hydrogens (tertiary/aromatic N) is 1. The molecule has 3 aliphatic rings. The number of hydrogen-bond donors (Lipinski definition) is 3. The van der Waals surface area contributed by atoms with Gasteiger partial charge in [-0.05, 0) is 37.8 Å². The quantitative estimate of drug-likeness (QED) is 0.304. The van der Waals surface area contributed by atoms with Crippen molar-refractivity contribution in [1.82, 2.24) is 9.79 Å². The Morgan fingerprint density at radius 3 is 2.76 bits per heavy atom. The van der Waals surface area contributed by atoms with Crippen molar-refractivity contribution in [2.24, 2.45) is 5.92 Å². The van der Waals surface area contributed by atoms with Crippen molar-refractivity contribution in [2.45, 2.75) is 81.0 Å². The van der Waals surface area contributed by atoms with Gasteiger partial charge in [-0.1, -0.05) is 30.3 Å². The summed E-state index contributed by atoms with van der Waals surface area (Å²) in [6, 6.07) is 5.09. The van der Waals surface area contributed by atoms with E-state index in [0.29, 0.717) is 25.9 Å². The molecule has 1 amide bonds. The van der Waals surface area contributed by atoms with Crippen LogP contribution in [0.5, 0.6) is 5.75 Å². The van der Waals surface area contributed by atoms with Crippen molar-refractivity contribution >= 4 is 16.1 Å². The van der Waals surface area contributed by atoms with E-state index in [2.05, 4.69) is 5.32 Å². The van der Waals surface area contributed by atoms with E-state index in [1.165, 1.54) is 18.2 Å². The van der Waals surface area contributed by atoms with Gasteiger partial charge < -0.3 is 34.5 Å². The zero-order valence-corrected chi connectivity index (χ0v) is 22.4. The van der Waals surface area contributed by atoms with Crippen molar-refractivity contribution < 1.29 is 47.2 Å². The van der Waals surface area contributed by atoms with Crippen LogP contribution in [-0.2, 0) is 29.1 Å². The average Bonchev–Trinajstić information content (AvgIpc) is 3.66. The molecule has 2 aliphatic heterocycles. The Hall–Kier alpha value is -2.00. The third kappa shape index (κ3) is 7.14. The Morgan fingerprint density at radius 2 is 2.03 bits per heavy atom. The zero-order valence-electron chi connectivity index (χ0n) is 21.6. The van der Waals surface area contributed by atoms with Crippen LogP contribution in [0.15, 0.2) is 29.2 Å². The smallest absolute Gasteiger partial charge is 0.407 e. The van der Waals surface area contributed by atoms with Crippen molar-refractivity contribution in [3.05, 3.63) is 24.3 Å². The number of aliphatic hydroxyl groups excluding tert-OH is 2. The second kappa shape index (κ2) is 13.4. The lowest BCUT2D eigenvalue weighted by molar-refractivity contribution is -0.145. The lowest BCUT2D eigenvalue weighted by Crippen LogP contribution is -2.50. The number of amides is 1. The van der Waals surface area contributed by atoms with Crippen LogP contribution in [0.2, 0.25) is 0 Å². The molecule has 0 radical (unpaired) electrons. The summed E-state index contributed by atoms with van der Waals surface area (Å²) in [6.45, 7) is 1.97. The van der Waals surface area contributed by atoms with Gasteiger partial charge in [-0.2, -0.15) is 0 Å². The number of carbonyl (C=O) groups excluding carboxylic acids is 1. The third-order valence-corrected chi connectivity index (χ3v) is 8.71. The van der Waals surface area contributed by atoms with Crippen molar-refractivity contribution in [3.8, 4) is 5.75 Å². The molecule has 1 aliphatic carbocycles. The van der Waals surface area contributed by atoms with Gasteiger partial charge in [0.25, 0.3) is 10.0 Å². The largest absolute Gasteiger partial charge is 0.491 e. The molecule has 2 heterocycles. The molecule has 4 rings (SSSR count). The highest BCUT2D eigenvalue weighted by Gasteiger charge is 2.44. The zero-order chi connectivity index (χ0) is 27.1. The molecular weight excluding hydrogens is 520 g/mol. The second-order valence-corrected chi connectivity index (χ2v) is 11.6. The number of rotatable bonds is 13. The maximum Gasteiger partial charge on any atom is 0.407 e. The summed E-state index contributed by atoms with van der Waals surface area (Å²) in [5.41, 5.74) is 0. The summed E-state index contributed by atoms with van der Waals surface area (Å²) in [7, 11) is -4.20. The Balaban J connectivity index is 1.43. The maximum atomic E-state index is 13.6. The fourth-order valence-electron chi connectivity index (χ4n) is 4.98. The summed E-state index contributed by atoms with van der Waals surface area (Å²) in [5.74, 6) is 0.256. The number of sulfonamides is 1. The van der Waals surface area contributed by atoms with Crippen LogP contribution in [0, 0.1) is 5.92 Å². The van der Waals surface area contributed by atoms with Gasteiger partial charge in [-0.15, -0.1) is 0 Å². The number of alkyl carbamates (subject to hydrolysis) is 1. The SMILES string of the molecule is CCC(NC(=O)O[C@H]1CO[C@H]2OCC[C@H]21)[C@H](O)CN(OC1CCCC1)S(=O)(=O)c1cccc(OCCO)c1. The summed E-state index contributed by atoms with van der Waals surface area (Å²) < 4.78 is 49.9. The number of carbonyl (C=O) groups is 1. The number of fused-ring (bicyclic) bond motifs is 1. The van der Waals surface area contributed by atoms with Crippen LogP contribution >= 0.6 is 0 Å². The van der Waals surface area contributed by atoms with E-state index in [9.17, 15) is 18.3 Å². The second-order valence-electron chi connectivity index (χ2n) is 9.74. The van der Waals surface area contributed by atoms with Crippen LogP contribution in [0.25, 0.3) is 0 Å². The average molecular weight is 559 g/mol. The van der Waals surface area contributed by atoms with Gasteiger partial charge >= 0.3 is 6.09 Å². The first kappa shape index (κ1) is 29.0. The first-order valence-corrected chi connectivity index (χ1v) is 14.7. The van der Waals surface area contributed by atoms with Gasteiger partial charge in [0.2, 0.25) is 0 Å². The molecule has 0 bridgehead atoms. The van der Waals surface area contributed by atoms with Gasteiger partial charge in [0.15, 0.2) is 6.29 Å². The van der Waals surface area contributed by atoms with E-state index in [1.807, 2.05) is 0 Å². The highest BCUT2D eigenvalue weighted by atomic mass is 32.2. The molecule has 3 fully saturated rings. The molecule has 0 aromatic heterocycles. The number of hydroxylamine groups is 1. The Labute approximate surface area is 223 Å². The standard InChI is InChI=1S/C25H38N2O10S/c1-2-21(26-25(30)36-23-16-35-24-20(23)10-12-34-24)22(29)15-27(37-17-6-3-4-7-17)38(31,32)19-9-5-8-18(14-19)33-13-11-28/h5,8-9,14,17,20-24,28-29H,2-4,6-7,10-13,15-16H2,1H3,(H,26,30)/t20-,21?,22+,23-,24+/m0/s1. The fourth-order valence-corrected chi connectivity index (χ4v) is 6.32. The lowest BCUT2D eigenvalue weighted by atomic mass is 10.0. The highest BCUT2D eigenvalue weighted by Crippen LogP contribution is 2.33. The maximum absolute atomic E-state index is 13.6. The van der Waals surface area contributed by atoms with Crippen LogP contribution in [0.3, 0.4) is 0 Å². The van der Waals surface area contributed by atoms with Gasteiger partial charge in [-0.3, -0.25) is 4.84 Å². The lowest BCUT2D eigenvalue weighted by Gasteiger charge is -2.30. The Bertz CT molecular complexity index is 1020. The van der Waals surface area contributed by atoms with E-state index >= 15 is 0 Å². The van der Waals surface area contributed by atoms with Crippen molar-refractivity contribution in [1.29, 1.82) is 0 Å². The molecule has 12 nitrogen and oxygen atoms in total. The molecule has 1 unspecified atom stereocenters. The van der Waals surface area contributed by atoms with Crippen LogP contribution in [0.1, 0.15) is 45.4 Å². The summed E-state index contributed by atoms with van der Waals surface area (Å²) in [4.78, 5) is 18.5. The van der Waals surface area contributed by atoms with Crippen LogP contribution < -0.4 is 10.1 Å². The predicted octanol–water partition coefficient (Wildman–Crippen LogP) is 1.55. The van der Waals surface area contributed by atoms with Gasteiger partial charge in [0, 0.05) is 6.07 Å². The van der Waals surface area contributed by atoms with Gasteiger partial charge in [0.05, 0.1) is 55.4 Å². The summed E-state index contributed by atoms with van der Waals surface area (Å²) >= 11 is 0. The number of benzene rings is 1. The minimum Gasteiger partial charge on any atom is -0.491 e. The number of hydrogen-bond acceptors (Lipinski definition) is 10. The topological polar surface area (TPSA) is 153 Å². The Morgan fingerprint density at radius 1 is 1.24 bits per heavy atom. The normalized spacial score (nSPS) is 25.3. The number of ether oxygens (including phenoxy) is 4. The van der Waals surface area contributed by atoms with Crippen LogP contribution in [-0.4, -0.2) is 92.8 Å². The van der Waals surface area contributed by atoms with E-state index in [-0.39, 0.29) is 48.8 Å². The minimum absolute atomic E-state index is 0.0197. The minimum atomic E-state index is -4.20. The van der Waals surface area contributed by atoms with Crippen molar-refractivity contribution in [3.63, 3.8) is 0 Å². The molecule has 38 heavy (non-hydrogen) atoms. The van der Waals surface area contributed by atoms with E-state index in [1.54, 1.807) is 13.0 Å². The first-order chi connectivity index (χ1) is 18.3. The fraction of sp³-hybridized carbons (Fsp3) is 0.720. The van der Waals surface area contributed by atoms with E-state index in [0.717, 1.165) is 23.7 Å². The monoisotopic (exact) mass is 558 g/mol. The molecule has 3 N–H and O–H groups in total.